The summed E-state index contributed by atoms with van der Waals surface area (Å²) in [5.74, 6) is -1.05. The summed E-state index contributed by atoms with van der Waals surface area (Å²) >= 11 is 6.17. The van der Waals surface area contributed by atoms with Gasteiger partial charge in [-0.2, -0.15) is 18.2 Å². The molecule has 7 nitrogen and oxygen atoms in total. The molecule has 2 aliphatic heterocycles. The minimum absolute atomic E-state index is 0.0398. The Labute approximate surface area is 241 Å². The van der Waals surface area contributed by atoms with E-state index in [1.54, 1.807) is 36.4 Å². The lowest BCUT2D eigenvalue weighted by Crippen LogP contribution is -2.46. The van der Waals surface area contributed by atoms with Crippen LogP contribution in [-0.4, -0.2) is 47.4 Å². The van der Waals surface area contributed by atoms with Gasteiger partial charge < -0.3 is 25.8 Å². The molecular weight excluding hydrogens is 557 g/mol. The fourth-order valence-electron chi connectivity index (χ4n) is 6.31. The highest BCUT2D eigenvalue weighted by Gasteiger charge is 2.49. The number of carboxylic acids is 1. The van der Waals surface area contributed by atoms with Crippen molar-refractivity contribution in [2.75, 3.05) is 23.7 Å². The number of ether oxygens (including phenoxy) is 1. The molecule has 0 aliphatic carbocycles. The van der Waals surface area contributed by atoms with Crippen LogP contribution in [0.25, 0.3) is 11.1 Å². The maximum Gasteiger partial charge on any atom is 0.429 e. The Kier molecular flexibility index (Phi) is 8.07. The number of aromatic nitrogens is 1. The maximum atomic E-state index is 14.5. The van der Waals surface area contributed by atoms with Crippen molar-refractivity contribution in [3.8, 4) is 17.0 Å². The number of pyridine rings is 1. The molecule has 5 rings (SSSR count). The molecule has 3 heterocycles. The lowest BCUT2D eigenvalue weighted by molar-refractivity contribution is -0.198. The van der Waals surface area contributed by atoms with E-state index in [-0.39, 0.29) is 28.7 Å². The van der Waals surface area contributed by atoms with E-state index >= 15 is 0 Å². The van der Waals surface area contributed by atoms with Gasteiger partial charge in [0.05, 0.1) is 0 Å². The molecule has 0 saturated carbocycles. The Balaban J connectivity index is 1.41. The summed E-state index contributed by atoms with van der Waals surface area (Å²) in [5, 5.41) is 13.1. The average molecular weight is 589 g/mol. The summed E-state index contributed by atoms with van der Waals surface area (Å²) in [6, 6.07) is 15.5. The van der Waals surface area contributed by atoms with E-state index in [0.29, 0.717) is 41.3 Å². The van der Waals surface area contributed by atoms with Crippen molar-refractivity contribution in [3.05, 3.63) is 71.2 Å². The SMILES string of the molecule is CC[C@@H]1NC(C(=O)O)CC12CCN(c1cc(N)nc(O[C@H](c3ccc(Cl)cc3-c3ccccc3)C(F)(F)F)c1)CC2. The molecule has 3 aromatic rings. The summed E-state index contributed by atoms with van der Waals surface area (Å²) in [6.45, 7) is 3.25. The number of nitrogens with one attached hydrogen (secondary N) is 1. The number of rotatable bonds is 7. The zero-order chi connectivity index (χ0) is 29.4. The van der Waals surface area contributed by atoms with Crippen LogP contribution < -0.4 is 20.7 Å². The summed E-state index contributed by atoms with van der Waals surface area (Å²) in [5.41, 5.74) is 7.30. The monoisotopic (exact) mass is 588 g/mol. The van der Waals surface area contributed by atoms with Gasteiger partial charge in [-0.05, 0) is 54.4 Å². The smallest absolute Gasteiger partial charge is 0.429 e. The first-order chi connectivity index (χ1) is 19.5. The second kappa shape index (κ2) is 11.4. The van der Waals surface area contributed by atoms with E-state index < -0.39 is 24.3 Å². The molecule has 1 unspecified atom stereocenters. The van der Waals surface area contributed by atoms with Crippen LogP contribution in [-0.2, 0) is 4.79 Å². The number of carbonyl (C=O) groups is 1. The van der Waals surface area contributed by atoms with Gasteiger partial charge in [0.25, 0.3) is 0 Å². The average Bonchev–Trinajstić information content (AvgIpc) is 3.30. The Morgan fingerprint density at radius 2 is 1.90 bits per heavy atom. The van der Waals surface area contributed by atoms with Crippen LogP contribution in [0.5, 0.6) is 5.88 Å². The Bertz CT molecular complexity index is 1400. The van der Waals surface area contributed by atoms with Crippen LogP contribution in [0.3, 0.4) is 0 Å². The molecule has 0 bridgehead atoms. The third-order valence-electron chi connectivity index (χ3n) is 8.31. The topological polar surface area (TPSA) is 101 Å². The van der Waals surface area contributed by atoms with Gasteiger partial charge >= 0.3 is 12.1 Å². The van der Waals surface area contributed by atoms with Crippen molar-refractivity contribution in [2.45, 2.75) is 57.0 Å². The molecule has 4 N–H and O–H groups in total. The fourth-order valence-corrected chi connectivity index (χ4v) is 6.48. The molecule has 2 aromatic carbocycles. The number of nitrogens with zero attached hydrogens (tertiary/aromatic N) is 2. The third-order valence-corrected chi connectivity index (χ3v) is 8.54. The molecule has 0 amide bonds. The Morgan fingerprint density at radius 1 is 1.20 bits per heavy atom. The minimum atomic E-state index is -4.76. The quantitative estimate of drug-likeness (QED) is 0.290. The van der Waals surface area contributed by atoms with Crippen molar-refractivity contribution in [3.63, 3.8) is 0 Å². The second-order valence-corrected chi connectivity index (χ2v) is 11.2. The predicted octanol–water partition coefficient (Wildman–Crippen LogP) is 6.48. The second-order valence-electron chi connectivity index (χ2n) is 10.8. The van der Waals surface area contributed by atoms with Crippen LogP contribution in [0.2, 0.25) is 5.02 Å². The number of anilines is 2. The number of hydrogen-bond donors (Lipinski definition) is 3. The number of piperidine rings is 1. The molecule has 1 aromatic heterocycles. The van der Waals surface area contributed by atoms with E-state index in [0.717, 1.165) is 19.3 Å². The van der Waals surface area contributed by atoms with Gasteiger partial charge in [-0.25, -0.2) is 0 Å². The van der Waals surface area contributed by atoms with E-state index in [4.69, 9.17) is 22.1 Å². The van der Waals surface area contributed by atoms with Gasteiger partial charge in [0.2, 0.25) is 12.0 Å². The molecule has 1 spiro atoms. The number of nitrogen functional groups attached to an aromatic ring is 1. The lowest BCUT2D eigenvalue weighted by atomic mass is 9.71. The Hall–Kier alpha value is -3.50. The molecule has 2 fully saturated rings. The molecular formula is C30H32ClF3N4O3. The Morgan fingerprint density at radius 3 is 2.54 bits per heavy atom. The summed E-state index contributed by atoms with van der Waals surface area (Å²) in [7, 11) is 0. The molecule has 218 valence electrons. The molecule has 2 aliphatic rings. The van der Waals surface area contributed by atoms with Gasteiger partial charge in [-0.3, -0.25) is 4.79 Å². The van der Waals surface area contributed by atoms with Crippen molar-refractivity contribution in [1.29, 1.82) is 0 Å². The molecule has 41 heavy (non-hydrogen) atoms. The van der Waals surface area contributed by atoms with Crippen molar-refractivity contribution < 1.29 is 27.8 Å². The van der Waals surface area contributed by atoms with Gasteiger partial charge in [0.15, 0.2) is 0 Å². The number of nitrogens with two attached hydrogens (primary N) is 1. The molecule has 3 atom stereocenters. The largest absolute Gasteiger partial charge is 0.480 e. The van der Waals surface area contributed by atoms with E-state index in [9.17, 15) is 23.1 Å². The highest BCUT2D eigenvalue weighted by Crippen LogP contribution is 2.46. The zero-order valence-electron chi connectivity index (χ0n) is 22.5. The first-order valence-corrected chi connectivity index (χ1v) is 14.0. The normalized spacial score (nSPS) is 21.1. The predicted molar refractivity (Wildman–Crippen MR) is 152 cm³/mol. The first-order valence-electron chi connectivity index (χ1n) is 13.6. The number of hydrogen-bond acceptors (Lipinski definition) is 6. The van der Waals surface area contributed by atoms with Crippen molar-refractivity contribution in [1.82, 2.24) is 10.3 Å². The summed E-state index contributed by atoms with van der Waals surface area (Å²) in [6.07, 6.45) is -4.21. The van der Waals surface area contributed by atoms with Crippen LogP contribution >= 0.6 is 11.6 Å². The first kappa shape index (κ1) is 29.0. The van der Waals surface area contributed by atoms with Crippen LogP contribution in [0, 0.1) is 5.41 Å². The number of aliphatic carboxylic acids is 1. The van der Waals surface area contributed by atoms with Crippen molar-refractivity contribution >= 4 is 29.1 Å². The van der Waals surface area contributed by atoms with E-state index in [1.807, 2.05) is 11.8 Å². The number of alkyl halides is 3. The van der Waals surface area contributed by atoms with Gasteiger partial charge in [-0.15, -0.1) is 0 Å². The summed E-state index contributed by atoms with van der Waals surface area (Å²) < 4.78 is 49.1. The summed E-state index contributed by atoms with van der Waals surface area (Å²) in [4.78, 5) is 17.8. The third kappa shape index (κ3) is 6.08. The molecule has 11 heteroatoms. The van der Waals surface area contributed by atoms with Crippen molar-refractivity contribution in [2.24, 2.45) is 5.41 Å². The molecule has 2 saturated heterocycles. The lowest BCUT2D eigenvalue weighted by Gasteiger charge is -2.43. The van der Waals surface area contributed by atoms with E-state index in [2.05, 4.69) is 10.3 Å². The number of benzene rings is 2. The maximum absolute atomic E-state index is 14.5. The van der Waals surface area contributed by atoms with Gasteiger partial charge in [0, 0.05) is 47.5 Å². The van der Waals surface area contributed by atoms with Crippen LogP contribution in [0.4, 0.5) is 24.7 Å². The van der Waals surface area contributed by atoms with Gasteiger partial charge in [-0.1, -0.05) is 54.9 Å². The fraction of sp³-hybridized carbons (Fsp3) is 0.400. The van der Waals surface area contributed by atoms with Gasteiger partial charge in [0.1, 0.15) is 11.9 Å². The van der Waals surface area contributed by atoms with Crippen LogP contribution in [0.15, 0.2) is 60.7 Å². The van der Waals surface area contributed by atoms with Crippen LogP contribution in [0.1, 0.15) is 44.3 Å². The molecule has 0 radical (unpaired) electrons. The minimum Gasteiger partial charge on any atom is -0.480 e. The van der Waals surface area contributed by atoms with E-state index in [1.165, 1.54) is 24.3 Å². The number of carboxylic acid groups (broad SMARTS) is 1. The highest BCUT2D eigenvalue weighted by molar-refractivity contribution is 6.30. The standard InChI is InChI=1S/C30H32ClF3N4O3/c1-2-24-29(17-23(36-24)28(39)40)10-12-38(13-11-29)20-15-25(35)37-26(16-20)41-27(30(32,33)34)21-9-8-19(31)14-22(21)18-6-4-3-5-7-18/h3-9,14-16,23-24,27,36H,2,10-13,17H2,1H3,(H2,35,37)(H,39,40)/t23?,24-,27+/m0/s1. The number of halogens is 4. The highest BCUT2D eigenvalue weighted by atomic mass is 35.5. The zero-order valence-corrected chi connectivity index (χ0v) is 23.3.